The summed E-state index contributed by atoms with van der Waals surface area (Å²) >= 11 is 0. The second-order valence-corrected chi connectivity index (χ2v) is 5.79. The number of piperazine rings is 1. The Hall–Kier alpha value is -0.370. The molecule has 2 aliphatic heterocycles. The van der Waals surface area contributed by atoms with Crippen LogP contribution in [0, 0.1) is 0 Å². The van der Waals surface area contributed by atoms with Crippen LogP contribution in [0.4, 0.5) is 13.2 Å². The van der Waals surface area contributed by atoms with Crippen molar-refractivity contribution in [3.8, 4) is 0 Å². The van der Waals surface area contributed by atoms with Crippen molar-refractivity contribution in [3.63, 3.8) is 0 Å². The monoisotopic (exact) mass is 280 g/mol. The average molecular weight is 280 g/mol. The fourth-order valence-electron chi connectivity index (χ4n) is 3.25. The van der Waals surface area contributed by atoms with E-state index in [9.17, 15) is 13.2 Å². The molecule has 1 unspecified atom stereocenters. The molecule has 2 heterocycles. The maximum atomic E-state index is 12.3. The molecule has 4 nitrogen and oxygen atoms in total. The van der Waals surface area contributed by atoms with Gasteiger partial charge in [0.2, 0.25) is 0 Å². The van der Waals surface area contributed by atoms with Crippen LogP contribution in [0.15, 0.2) is 0 Å². The minimum absolute atomic E-state index is 0.0287. The number of likely N-dealkylation sites (N-methyl/N-ethyl adjacent to an activating group) is 1. The Morgan fingerprint density at radius 2 is 1.74 bits per heavy atom. The zero-order valence-electron chi connectivity index (χ0n) is 11.4. The van der Waals surface area contributed by atoms with Gasteiger partial charge in [0.15, 0.2) is 0 Å². The van der Waals surface area contributed by atoms with E-state index in [0.717, 1.165) is 19.5 Å². The maximum Gasteiger partial charge on any atom is 0.401 e. The molecule has 0 aromatic rings. The molecule has 0 radical (unpaired) electrons. The summed E-state index contributed by atoms with van der Waals surface area (Å²) in [6, 6.07) is 0. The van der Waals surface area contributed by atoms with Gasteiger partial charge in [-0.15, -0.1) is 0 Å². The van der Waals surface area contributed by atoms with E-state index in [1.165, 1.54) is 4.90 Å². The Balaban J connectivity index is 1.89. The molecule has 0 aromatic heterocycles. The van der Waals surface area contributed by atoms with Gasteiger partial charge in [0, 0.05) is 44.8 Å². The summed E-state index contributed by atoms with van der Waals surface area (Å²) in [6.07, 6.45) is -3.08. The largest absolute Gasteiger partial charge is 0.401 e. The number of rotatable bonds is 3. The number of hydrogen-bond donors (Lipinski definition) is 1. The lowest BCUT2D eigenvalue weighted by Crippen LogP contribution is -2.61. The van der Waals surface area contributed by atoms with Crippen molar-refractivity contribution in [3.05, 3.63) is 0 Å². The average Bonchev–Trinajstić information content (AvgIpc) is 2.71. The molecule has 0 amide bonds. The third-order valence-corrected chi connectivity index (χ3v) is 4.35. The highest BCUT2D eigenvalue weighted by atomic mass is 19.4. The predicted molar refractivity (Wildman–Crippen MR) is 68.0 cm³/mol. The molecular formula is C12H23F3N4. The lowest BCUT2D eigenvalue weighted by molar-refractivity contribution is -0.150. The van der Waals surface area contributed by atoms with E-state index in [4.69, 9.17) is 5.73 Å². The molecule has 1 atom stereocenters. The zero-order chi connectivity index (χ0) is 14.1. The minimum Gasteiger partial charge on any atom is -0.329 e. The topological polar surface area (TPSA) is 35.7 Å². The van der Waals surface area contributed by atoms with Gasteiger partial charge in [0.25, 0.3) is 0 Å². The molecule has 0 aromatic carbocycles. The van der Waals surface area contributed by atoms with Gasteiger partial charge in [-0.1, -0.05) is 0 Å². The third-order valence-electron chi connectivity index (χ3n) is 4.35. The molecule has 0 saturated carbocycles. The van der Waals surface area contributed by atoms with E-state index < -0.39 is 12.7 Å². The van der Waals surface area contributed by atoms with Gasteiger partial charge in [0.05, 0.1) is 6.54 Å². The molecule has 2 fully saturated rings. The van der Waals surface area contributed by atoms with E-state index in [1.54, 1.807) is 0 Å². The van der Waals surface area contributed by atoms with Crippen LogP contribution in [0.25, 0.3) is 0 Å². The van der Waals surface area contributed by atoms with Crippen LogP contribution in [0.1, 0.15) is 6.42 Å². The number of halogens is 3. The highest BCUT2D eigenvalue weighted by molar-refractivity contribution is 5.00. The Labute approximate surface area is 112 Å². The van der Waals surface area contributed by atoms with Crippen LogP contribution < -0.4 is 5.73 Å². The molecule has 0 aliphatic carbocycles. The van der Waals surface area contributed by atoms with Crippen LogP contribution in [0.3, 0.4) is 0 Å². The summed E-state index contributed by atoms with van der Waals surface area (Å²) in [6.45, 7) is 4.04. The SMILES string of the molecule is CN1CCC(CN)(N2CCN(CC(F)(F)F)CC2)C1. The van der Waals surface area contributed by atoms with Crippen molar-refractivity contribution in [2.75, 3.05) is 59.4 Å². The Kier molecular flexibility index (Phi) is 4.39. The molecular weight excluding hydrogens is 257 g/mol. The van der Waals surface area contributed by atoms with Gasteiger partial charge in [-0.2, -0.15) is 13.2 Å². The number of hydrogen-bond acceptors (Lipinski definition) is 4. The second-order valence-electron chi connectivity index (χ2n) is 5.79. The summed E-state index contributed by atoms with van der Waals surface area (Å²) in [7, 11) is 2.07. The number of nitrogens with two attached hydrogens (primary N) is 1. The van der Waals surface area contributed by atoms with Crippen molar-refractivity contribution < 1.29 is 13.2 Å². The van der Waals surface area contributed by atoms with Crippen LogP contribution in [0.5, 0.6) is 0 Å². The summed E-state index contributed by atoms with van der Waals surface area (Å²) < 4.78 is 37.0. The zero-order valence-corrected chi connectivity index (χ0v) is 11.4. The van der Waals surface area contributed by atoms with Crippen molar-refractivity contribution >= 4 is 0 Å². The molecule has 2 N–H and O–H groups in total. The predicted octanol–water partition coefficient (Wildman–Crippen LogP) is 0.199. The first kappa shape index (κ1) is 15.0. The molecule has 7 heteroatoms. The molecule has 2 rings (SSSR count). The Bertz CT molecular complexity index is 302. The molecule has 19 heavy (non-hydrogen) atoms. The first-order chi connectivity index (χ1) is 8.85. The quantitative estimate of drug-likeness (QED) is 0.801. The second kappa shape index (κ2) is 5.55. The lowest BCUT2D eigenvalue weighted by atomic mass is 9.95. The maximum absolute atomic E-state index is 12.3. The van der Waals surface area contributed by atoms with Gasteiger partial charge in [-0.3, -0.25) is 9.80 Å². The summed E-state index contributed by atoms with van der Waals surface area (Å²) in [4.78, 5) is 6.03. The van der Waals surface area contributed by atoms with Gasteiger partial charge in [0.1, 0.15) is 0 Å². The molecule has 2 aliphatic rings. The van der Waals surface area contributed by atoms with E-state index in [0.29, 0.717) is 32.7 Å². The first-order valence-corrected chi connectivity index (χ1v) is 6.77. The number of likely N-dealkylation sites (tertiary alicyclic amines) is 1. The van der Waals surface area contributed by atoms with Crippen LogP contribution >= 0.6 is 0 Å². The van der Waals surface area contributed by atoms with E-state index >= 15 is 0 Å². The molecule has 0 spiro atoms. The Morgan fingerprint density at radius 1 is 1.11 bits per heavy atom. The third kappa shape index (κ3) is 3.59. The van der Waals surface area contributed by atoms with Crippen LogP contribution in [-0.2, 0) is 0 Å². The molecule has 2 saturated heterocycles. The summed E-state index contributed by atoms with van der Waals surface area (Å²) in [5, 5.41) is 0. The highest BCUT2D eigenvalue weighted by Gasteiger charge is 2.42. The molecule has 112 valence electrons. The van der Waals surface area contributed by atoms with Crippen molar-refractivity contribution in [2.24, 2.45) is 5.73 Å². The van der Waals surface area contributed by atoms with Crippen molar-refractivity contribution in [1.29, 1.82) is 0 Å². The van der Waals surface area contributed by atoms with Gasteiger partial charge in [-0.05, 0) is 20.0 Å². The van der Waals surface area contributed by atoms with E-state index in [-0.39, 0.29) is 5.54 Å². The van der Waals surface area contributed by atoms with E-state index in [1.807, 2.05) is 0 Å². The normalized spacial score (nSPS) is 32.1. The van der Waals surface area contributed by atoms with Gasteiger partial charge >= 0.3 is 6.18 Å². The fourth-order valence-corrected chi connectivity index (χ4v) is 3.25. The standard InChI is InChI=1S/C12H23F3N4/c1-17-3-2-11(8-16,9-17)19-6-4-18(5-7-19)10-12(13,14)15/h2-10,16H2,1H3. The van der Waals surface area contributed by atoms with Crippen LogP contribution in [0.2, 0.25) is 0 Å². The van der Waals surface area contributed by atoms with Crippen molar-refractivity contribution in [2.45, 2.75) is 18.1 Å². The van der Waals surface area contributed by atoms with Gasteiger partial charge < -0.3 is 10.6 Å². The van der Waals surface area contributed by atoms with Gasteiger partial charge in [-0.25, -0.2) is 0 Å². The minimum atomic E-state index is -4.10. The Morgan fingerprint density at radius 3 is 2.16 bits per heavy atom. The first-order valence-electron chi connectivity index (χ1n) is 6.77. The van der Waals surface area contributed by atoms with Crippen LogP contribution in [-0.4, -0.2) is 85.8 Å². The summed E-state index contributed by atoms with van der Waals surface area (Å²) in [5.41, 5.74) is 5.91. The molecule has 0 bridgehead atoms. The fraction of sp³-hybridized carbons (Fsp3) is 1.00. The van der Waals surface area contributed by atoms with Crippen molar-refractivity contribution in [1.82, 2.24) is 14.7 Å². The van der Waals surface area contributed by atoms with E-state index in [2.05, 4.69) is 16.8 Å². The lowest BCUT2D eigenvalue weighted by Gasteiger charge is -2.45. The number of nitrogens with zero attached hydrogens (tertiary/aromatic N) is 3. The highest BCUT2D eigenvalue weighted by Crippen LogP contribution is 2.28. The smallest absolute Gasteiger partial charge is 0.329 e. The summed E-state index contributed by atoms with van der Waals surface area (Å²) in [5.74, 6) is 0. The number of alkyl halides is 3.